The van der Waals surface area contributed by atoms with E-state index in [1.54, 1.807) is 0 Å². The molecule has 0 aromatic rings. The van der Waals surface area contributed by atoms with Crippen LogP contribution in [0.25, 0.3) is 0 Å². The van der Waals surface area contributed by atoms with Gasteiger partial charge in [0.25, 0.3) is 0 Å². The van der Waals surface area contributed by atoms with Crippen molar-refractivity contribution in [1.82, 2.24) is 9.80 Å². The fourth-order valence-corrected chi connectivity index (χ4v) is 3.04. The Hall–Kier alpha value is -0.610. The normalized spacial score (nSPS) is 37.8. The number of hydrogen-bond acceptors (Lipinski definition) is 3. The summed E-state index contributed by atoms with van der Waals surface area (Å²) in [5.74, 6) is -0.732. The highest BCUT2D eigenvalue weighted by Gasteiger charge is 2.38. The van der Waals surface area contributed by atoms with E-state index < -0.39 is 5.97 Å². The zero-order valence-corrected chi connectivity index (χ0v) is 10.2. The van der Waals surface area contributed by atoms with Gasteiger partial charge in [-0.15, -0.1) is 0 Å². The number of rotatable bonds is 2. The molecule has 2 fully saturated rings. The molecule has 0 radical (unpaired) electrons. The van der Waals surface area contributed by atoms with E-state index in [9.17, 15) is 9.90 Å². The second kappa shape index (κ2) is 4.72. The van der Waals surface area contributed by atoms with Crippen LogP contribution in [0.2, 0.25) is 0 Å². The molecule has 2 aliphatic rings. The van der Waals surface area contributed by atoms with Gasteiger partial charge in [-0.25, -0.2) is 0 Å². The zero-order chi connectivity index (χ0) is 11.7. The SMILES string of the molecule is CC1CN(C2CCCC2C(=O)O)CCN1C. The first-order chi connectivity index (χ1) is 7.59. The van der Waals surface area contributed by atoms with Gasteiger partial charge in [0, 0.05) is 31.7 Å². The monoisotopic (exact) mass is 226 g/mol. The van der Waals surface area contributed by atoms with Crippen molar-refractivity contribution in [2.45, 2.75) is 38.3 Å². The third-order valence-corrected chi connectivity index (χ3v) is 4.26. The fraction of sp³-hybridized carbons (Fsp3) is 0.917. The highest BCUT2D eigenvalue weighted by molar-refractivity contribution is 5.71. The summed E-state index contributed by atoms with van der Waals surface area (Å²) >= 11 is 0. The van der Waals surface area contributed by atoms with E-state index in [1.807, 2.05) is 0 Å². The second-order valence-corrected chi connectivity index (χ2v) is 5.27. The molecule has 3 atom stereocenters. The van der Waals surface area contributed by atoms with E-state index in [-0.39, 0.29) is 12.0 Å². The first-order valence-electron chi connectivity index (χ1n) is 6.26. The molecule has 0 spiro atoms. The predicted octanol–water partition coefficient (Wildman–Crippen LogP) is 0.876. The maximum atomic E-state index is 11.2. The van der Waals surface area contributed by atoms with Crippen LogP contribution in [0.4, 0.5) is 0 Å². The van der Waals surface area contributed by atoms with E-state index in [1.165, 1.54) is 0 Å². The second-order valence-electron chi connectivity index (χ2n) is 5.27. The molecule has 3 unspecified atom stereocenters. The number of carboxylic acid groups (broad SMARTS) is 1. The Bertz CT molecular complexity index is 270. The number of piperazine rings is 1. The molecular formula is C12H22N2O2. The summed E-state index contributed by atoms with van der Waals surface area (Å²) in [6.45, 7) is 5.32. The standard InChI is InChI=1S/C12H22N2O2/c1-9-8-14(7-6-13(9)2)11-5-3-4-10(11)12(15)16/h9-11H,3-8H2,1-2H3,(H,15,16). The highest BCUT2D eigenvalue weighted by Crippen LogP contribution is 2.31. The smallest absolute Gasteiger partial charge is 0.308 e. The van der Waals surface area contributed by atoms with Gasteiger partial charge in [0.05, 0.1) is 5.92 Å². The number of hydrogen-bond donors (Lipinski definition) is 1. The van der Waals surface area contributed by atoms with Gasteiger partial charge in [0.1, 0.15) is 0 Å². The lowest BCUT2D eigenvalue weighted by Gasteiger charge is -2.41. The largest absolute Gasteiger partial charge is 0.481 e. The van der Waals surface area contributed by atoms with Gasteiger partial charge in [-0.3, -0.25) is 9.69 Å². The molecule has 16 heavy (non-hydrogen) atoms. The summed E-state index contributed by atoms with van der Waals surface area (Å²) in [7, 11) is 2.14. The zero-order valence-electron chi connectivity index (χ0n) is 10.2. The van der Waals surface area contributed by atoms with E-state index in [2.05, 4.69) is 23.8 Å². The highest BCUT2D eigenvalue weighted by atomic mass is 16.4. The molecule has 1 saturated heterocycles. The fourth-order valence-electron chi connectivity index (χ4n) is 3.04. The molecule has 0 bridgehead atoms. The molecule has 0 aromatic carbocycles. The predicted molar refractivity (Wildman–Crippen MR) is 62.4 cm³/mol. The Morgan fingerprint density at radius 3 is 2.69 bits per heavy atom. The quantitative estimate of drug-likeness (QED) is 0.759. The Balaban J connectivity index is 1.99. The van der Waals surface area contributed by atoms with Crippen LogP contribution in [0, 0.1) is 5.92 Å². The third-order valence-electron chi connectivity index (χ3n) is 4.26. The van der Waals surface area contributed by atoms with E-state index in [4.69, 9.17) is 0 Å². The minimum absolute atomic E-state index is 0.129. The van der Waals surface area contributed by atoms with Crippen molar-refractivity contribution in [3.8, 4) is 0 Å². The van der Waals surface area contributed by atoms with Crippen LogP contribution >= 0.6 is 0 Å². The van der Waals surface area contributed by atoms with Crippen LogP contribution < -0.4 is 0 Å². The summed E-state index contributed by atoms with van der Waals surface area (Å²) in [5, 5.41) is 9.20. The first kappa shape index (κ1) is 11.9. The van der Waals surface area contributed by atoms with Gasteiger partial charge in [-0.1, -0.05) is 6.42 Å². The molecule has 92 valence electrons. The van der Waals surface area contributed by atoms with Crippen molar-refractivity contribution in [3.63, 3.8) is 0 Å². The van der Waals surface area contributed by atoms with Crippen LogP contribution in [0.5, 0.6) is 0 Å². The Morgan fingerprint density at radius 1 is 1.31 bits per heavy atom. The van der Waals surface area contributed by atoms with Crippen molar-refractivity contribution in [2.75, 3.05) is 26.7 Å². The number of carboxylic acids is 1. The first-order valence-corrected chi connectivity index (χ1v) is 6.26. The third kappa shape index (κ3) is 2.23. The topological polar surface area (TPSA) is 43.8 Å². The van der Waals surface area contributed by atoms with Crippen molar-refractivity contribution in [3.05, 3.63) is 0 Å². The van der Waals surface area contributed by atoms with Crippen LogP contribution in [0.3, 0.4) is 0 Å². The van der Waals surface area contributed by atoms with Gasteiger partial charge in [-0.2, -0.15) is 0 Å². The van der Waals surface area contributed by atoms with E-state index in [0.717, 1.165) is 38.9 Å². The number of aliphatic carboxylic acids is 1. The number of likely N-dealkylation sites (N-methyl/N-ethyl adjacent to an activating group) is 1. The van der Waals surface area contributed by atoms with Gasteiger partial charge >= 0.3 is 5.97 Å². The molecule has 4 nitrogen and oxygen atoms in total. The molecule has 1 N–H and O–H groups in total. The summed E-state index contributed by atoms with van der Waals surface area (Å²) in [5.41, 5.74) is 0. The number of nitrogens with zero attached hydrogens (tertiary/aromatic N) is 2. The lowest BCUT2D eigenvalue weighted by Crippen LogP contribution is -2.54. The van der Waals surface area contributed by atoms with E-state index in [0.29, 0.717) is 6.04 Å². The van der Waals surface area contributed by atoms with Crippen LogP contribution in [-0.2, 0) is 4.79 Å². The Labute approximate surface area is 97.2 Å². The number of carbonyl (C=O) groups is 1. The minimum atomic E-state index is -0.603. The lowest BCUT2D eigenvalue weighted by molar-refractivity contribution is -0.143. The van der Waals surface area contributed by atoms with Gasteiger partial charge < -0.3 is 10.0 Å². The van der Waals surface area contributed by atoms with Crippen LogP contribution in [-0.4, -0.2) is 59.6 Å². The Morgan fingerprint density at radius 2 is 2.06 bits per heavy atom. The van der Waals surface area contributed by atoms with Crippen molar-refractivity contribution < 1.29 is 9.90 Å². The lowest BCUT2D eigenvalue weighted by atomic mass is 10.0. The minimum Gasteiger partial charge on any atom is -0.481 e. The van der Waals surface area contributed by atoms with E-state index >= 15 is 0 Å². The maximum absolute atomic E-state index is 11.2. The van der Waals surface area contributed by atoms with Crippen molar-refractivity contribution >= 4 is 5.97 Å². The molecule has 1 aliphatic heterocycles. The van der Waals surface area contributed by atoms with Crippen LogP contribution in [0.15, 0.2) is 0 Å². The molecular weight excluding hydrogens is 204 g/mol. The van der Waals surface area contributed by atoms with Gasteiger partial charge in [0.15, 0.2) is 0 Å². The van der Waals surface area contributed by atoms with Gasteiger partial charge in [0.2, 0.25) is 0 Å². The molecule has 2 rings (SSSR count). The Kier molecular flexibility index (Phi) is 3.50. The van der Waals surface area contributed by atoms with Crippen molar-refractivity contribution in [1.29, 1.82) is 0 Å². The molecule has 1 heterocycles. The molecule has 4 heteroatoms. The summed E-state index contributed by atoms with van der Waals surface area (Å²) in [6.07, 6.45) is 3.00. The molecule has 0 aromatic heterocycles. The molecule has 1 aliphatic carbocycles. The van der Waals surface area contributed by atoms with Crippen LogP contribution in [0.1, 0.15) is 26.2 Å². The maximum Gasteiger partial charge on any atom is 0.308 e. The van der Waals surface area contributed by atoms with Gasteiger partial charge in [-0.05, 0) is 26.8 Å². The van der Waals surface area contributed by atoms with Crippen molar-refractivity contribution in [2.24, 2.45) is 5.92 Å². The summed E-state index contributed by atoms with van der Waals surface area (Å²) < 4.78 is 0. The molecule has 0 amide bonds. The average Bonchev–Trinajstić information content (AvgIpc) is 2.71. The molecule has 1 saturated carbocycles. The summed E-state index contributed by atoms with van der Waals surface area (Å²) in [4.78, 5) is 15.9. The average molecular weight is 226 g/mol. The summed E-state index contributed by atoms with van der Waals surface area (Å²) in [6, 6.07) is 0.831.